The van der Waals surface area contributed by atoms with Gasteiger partial charge in [-0.2, -0.15) is 0 Å². The molecule has 7 nitrogen and oxygen atoms in total. The Morgan fingerprint density at radius 3 is 2.50 bits per heavy atom. The first kappa shape index (κ1) is 23.0. The third-order valence-electron chi connectivity index (χ3n) is 6.27. The van der Waals surface area contributed by atoms with Crippen LogP contribution in [0.2, 0.25) is 0 Å². The molecule has 1 saturated heterocycles. The summed E-state index contributed by atoms with van der Waals surface area (Å²) < 4.78 is 3.30. The van der Waals surface area contributed by atoms with E-state index in [1.165, 1.54) is 16.5 Å². The summed E-state index contributed by atoms with van der Waals surface area (Å²) in [6, 6.07) is 18.6. The lowest BCUT2D eigenvalue weighted by Crippen LogP contribution is -2.49. The number of para-hydroxylation sites is 1. The van der Waals surface area contributed by atoms with Gasteiger partial charge in [-0.05, 0) is 26.0 Å². The molecule has 1 aliphatic rings. The highest BCUT2D eigenvalue weighted by atomic mass is 32.2. The monoisotopic (exact) mass is 492 g/mol. The van der Waals surface area contributed by atoms with Crippen molar-refractivity contribution < 1.29 is 4.79 Å². The van der Waals surface area contributed by atoms with Crippen LogP contribution in [0, 0.1) is 0 Å². The predicted molar refractivity (Wildman–Crippen MR) is 138 cm³/mol. The van der Waals surface area contributed by atoms with Gasteiger partial charge >= 0.3 is 0 Å². The molecule has 0 spiro atoms. The van der Waals surface area contributed by atoms with E-state index >= 15 is 0 Å². The Balaban J connectivity index is 1.16. The second-order valence-electron chi connectivity index (χ2n) is 8.32. The Morgan fingerprint density at radius 1 is 1.03 bits per heavy atom. The Hall–Kier alpha value is -2.75. The summed E-state index contributed by atoms with van der Waals surface area (Å²) in [5.41, 5.74) is 2.10. The number of nitrogens with zero attached hydrogens (tertiary/aromatic N) is 6. The summed E-state index contributed by atoms with van der Waals surface area (Å²) in [4.78, 5) is 22.2. The van der Waals surface area contributed by atoms with Gasteiger partial charge < -0.3 is 9.47 Å². The number of carbonyl (C=O) groups excluding carboxylic acids is 1. The van der Waals surface area contributed by atoms with E-state index in [0.29, 0.717) is 5.75 Å². The van der Waals surface area contributed by atoms with Crippen molar-refractivity contribution in [1.29, 1.82) is 0 Å². The summed E-state index contributed by atoms with van der Waals surface area (Å²) >= 11 is 3.24. The minimum Gasteiger partial charge on any atom is -0.339 e. The molecular weight excluding hydrogens is 464 g/mol. The van der Waals surface area contributed by atoms with Gasteiger partial charge in [0.15, 0.2) is 11.0 Å². The molecule has 34 heavy (non-hydrogen) atoms. The second kappa shape index (κ2) is 10.2. The molecule has 0 bridgehead atoms. The fourth-order valence-corrected chi connectivity index (χ4v) is 6.24. The van der Waals surface area contributed by atoms with Crippen LogP contribution >= 0.6 is 23.1 Å². The number of carbonyl (C=O) groups is 1. The van der Waals surface area contributed by atoms with E-state index in [4.69, 9.17) is 4.98 Å². The summed E-state index contributed by atoms with van der Waals surface area (Å²) in [5, 5.41) is 10.7. The zero-order valence-electron chi connectivity index (χ0n) is 19.4. The number of hydrogen-bond acceptors (Lipinski definition) is 7. The molecule has 2 aromatic heterocycles. The summed E-state index contributed by atoms with van der Waals surface area (Å²) in [6.45, 7) is 8.25. The van der Waals surface area contributed by atoms with Gasteiger partial charge in [0.05, 0.1) is 22.0 Å². The Bertz CT molecular complexity index is 1230. The smallest absolute Gasteiger partial charge is 0.233 e. The Kier molecular flexibility index (Phi) is 6.94. The molecule has 0 aliphatic carbocycles. The zero-order chi connectivity index (χ0) is 23.5. The second-order valence-corrected chi connectivity index (χ2v) is 10.3. The van der Waals surface area contributed by atoms with Gasteiger partial charge in [0.1, 0.15) is 5.01 Å². The molecule has 0 N–H and O–H groups in total. The van der Waals surface area contributed by atoms with Crippen molar-refractivity contribution in [3.8, 4) is 11.4 Å². The maximum Gasteiger partial charge on any atom is 0.233 e. The molecule has 0 unspecified atom stereocenters. The molecular formula is C25H28N6OS2. The molecule has 5 rings (SSSR count). The average Bonchev–Trinajstić information content (AvgIpc) is 3.51. The van der Waals surface area contributed by atoms with Gasteiger partial charge in [0, 0.05) is 38.3 Å². The topological polar surface area (TPSA) is 67.2 Å². The van der Waals surface area contributed by atoms with Crippen LogP contribution in [0.1, 0.15) is 24.9 Å². The lowest BCUT2D eigenvalue weighted by atomic mass is 10.2. The first-order valence-corrected chi connectivity index (χ1v) is 13.4. The van der Waals surface area contributed by atoms with E-state index in [9.17, 15) is 4.79 Å². The number of aromatic nitrogens is 4. The van der Waals surface area contributed by atoms with Crippen LogP contribution < -0.4 is 0 Å². The lowest BCUT2D eigenvalue weighted by molar-refractivity contribution is -0.130. The SMILES string of the molecule is CCn1c(SCC(=O)N2CCN([C@@H](C)c3nc4ccccc4s3)CC2)nnc1-c1ccccc1. The number of rotatable bonds is 7. The Labute approximate surface area is 207 Å². The highest BCUT2D eigenvalue weighted by Gasteiger charge is 2.26. The first-order chi connectivity index (χ1) is 16.6. The number of benzene rings is 2. The Morgan fingerprint density at radius 2 is 1.76 bits per heavy atom. The summed E-state index contributed by atoms with van der Waals surface area (Å²) in [5.74, 6) is 1.38. The quantitative estimate of drug-likeness (QED) is 0.352. The molecule has 1 atom stereocenters. The largest absolute Gasteiger partial charge is 0.339 e. The minimum atomic E-state index is 0.157. The molecule has 2 aromatic carbocycles. The number of piperazine rings is 1. The van der Waals surface area contributed by atoms with E-state index < -0.39 is 0 Å². The van der Waals surface area contributed by atoms with E-state index in [2.05, 4.69) is 51.7 Å². The molecule has 1 fully saturated rings. The van der Waals surface area contributed by atoms with Gasteiger partial charge in [-0.25, -0.2) is 4.98 Å². The maximum atomic E-state index is 12.9. The van der Waals surface area contributed by atoms with Gasteiger partial charge in [-0.1, -0.05) is 54.2 Å². The van der Waals surface area contributed by atoms with Crippen molar-refractivity contribution in [2.24, 2.45) is 0 Å². The van der Waals surface area contributed by atoms with Crippen molar-refractivity contribution in [2.75, 3.05) is 31.9 Å². The molecule has 3 heterocycles. The fraction of sp³-hybridized carbons (Fsp3) is 0.360. The summed E-state index contributed by atoms with van der Waals surface area (Å²) in [7, 11) is 0. The van der Waals surface area contributed by atoms with Crippen molar-refractivity contribution in [2.45, 2.75) is 31.6 Å². The van der Waals surface area contributed by atoms with Crippen LogP contribution in [0.5, 0.6) is 0 Å². The van der Waals surface area contributed by atoms with E-state index in [1.807, 2.05) is 41.3 Å². The highest BCUT2D eigenvalue weighted by Crippen LogP contribution is 2.30. The maximum absolute atomic E-state index is 12.9. The number of thioether (sulfide) groups is 1. The van der Waals surface area contributed by atoms with Crippen molar-refractivity contribution >= 4 is 39.2 Å². The number of fused-ring (bicyclic) bond motifs is 1. The average molecular weight is 493 g/mol. The molecule has 4 aromatic rings. The first-order valence-electron chi connectivity index (χ1n) is 11.6. The van der Waals surface area contributed by atoms with Crippen molar-refractivity contribution in [1.82, 2.24) is 29.5 Å². The number of amides is 1. The van der Waals surface area contributed by atoms with Crippen LogP contribution in [0.3, 0.4) is 0 Å². The lowest BCUT2D eigenvalue weighted by Gasteiger charge is -2.37. The van der Waals surface area contributed by atoms with Crippen LogP contribution in [-0.2, 0) is 11.3 Å². The van der Waals surface area contributed by atoms with E-state index in [-0.39, 0.29) is 11.9 Å². The number of thiazole rings is 1. The van der Waals surface area contributed by atoms with Gasteiger partial charge in [0.2, 0.25) is 5.91 Å². The molecule has 1 amide bonds. The van der Waals surface area contributed by atoms with Gasteiger partial charge in [0.25, 0.3) is 0 Å². The van der Waals surface area contributed by atoms with Crippen molar-refractivity contribution in [3.63, 3.8) is 0 Å². The van der Waals surface area contributed by atoms with Crippen LogP contribution in [0.4, 0.5) is 0 Å². The third kappa shape index (κ3) is 4.73. The van der Waals surface area contributed by atoms with Gasteiger partial charge in [-0.15, -0.1) is 21.5 Å². The molecule has 176 valence electrons. The van der Waals surface area contributed by atoms with Gasteiger partial charge in [-0.3, -0.25) is 9.69 Å². The highest BCUT2D eigenvalue weighted by molar-refractivity contribution is 7.99. The zero-order valence-corrected chi connectivity index (χ0v) is 21.1. The van der Waals surface area contributed by atoms with Crippen LogP contribution in [0.25, 0.3) is 21.6 Å². The fourth-order valence-electron chi connectivity index (χ4n) is 4.28. The molecule has 1 aliphatic heterocycles. The standard InChI is InChI=1S/C25H28N6OS2/c1-3-31-23(19-9-5-4-6-10-19)27-28-25(31)33-17-22(32)30-15-13-29(14-16-30)18(2)24-26-20-11-7-8-12-21(20)34-24/h4-12,18H,3,13-17H2,1-2H3/t18-/m0/s1. The summed E-state index contributed by atoms with van der Waals surface area (Å²) in [6.07, 6.45) is 0. The van der Waals surface area contributed by atoms with E-state index in [1.54, 1.807) is 11.3 Å². The minimum absolute atomic E-state index is 0.157. The normalized spacial score (nSPS) is 15.6. The molecule has 0 radical (unpaired) electrons. The number of hydrogen-bond donors (Lipinski definition) is 0. The van der Waals surface area contributed by atoms with Crippen LogP contribution in [0.15, 0.2) is 59.8 Å². The molecule has 9 heteroatoms. The third-order valence-corrected chi connectivity index (χ3v) is 8.43. The molecule has 0 saturated carbocycles. The van der Waals surface area contributed by atoms with Crippen LogP contribution in [-0.4, -0.2) is 67.4 Å². The van der Waals surface area contributed by atoms with E-state index in [0.717, 1.165) is 59.8 Å². The predicted octanol–water partition coefficient (Wildman–Crippen LogP) is 4.57. The van der Waals surface area contributed by atoms with Crippen molar-refractivity contribution in [3.05, 3.63) is 59.6 Å².